The highest BCUT2D eigenvalue weighted by atomic mass is 16.5. The fourth-order valence-corrected chi connectivity index (χ4v) is 0.820. The van der Waals surface area contributed by atoms with Crippen LogP contribution >= 0.6 is 0 Å². The Morgan fingerprint density at radius 1 is 1.47 bits per heavy atom. The minimum Gasteiger partial charge on any atom is -0.462 e. The number of esters is 1. The van der Waals surface area contributed by atoms with Crippen molar-refractivity contribution < 1.29 is 9.53 Å². The third-order valence-corrected chi connectivity index (χ3v) is 1.63. The van der Waals surface area contributed by atoms with Crippen molar-refractivity contribution in [2.24, 2.45) is 5.92 Å². The molecule has 0 heterocycles. The number of benzene rings is 1. The number of nitrogens with zero attached hydrogens (tertiary/aromatic N) is 1. The van der Waals surface area contributed by atoms with Gasteiger partial charge in [-0.3, -0.25) is 0 Å². The van der Waals surface area contributed by atoms with E-state index in [1.165, 1.54) is 6.08 Å². The molecule has 0 atom stereocenters. The summed E-state index contributed by atoms with van der Waals surface area (Å²) in [6.45, 7) is 7.71. The van der Waals surface area contributed by atoms with E-state index in [9.17, 15) is 4.79 Å². The number of carbonyl (C=O) groups is 1. The van der Waals surface area contributed by atoms with E-state index >= 15 is 0 Å². The van der Waals surface area contributed by atoms with Crippen molar-refractivity contribution in [3.05, 3.63) is 48.6 Å². The predicted octanol–water partition coefficient (Wildman–Crippen LogP) is 2.93. The quantitative estimate of drug-likeness (QED) is 0.593. The van der Waals surface area contributed by atoms with Crippen LogP contribution in [0, 0.1) is 17.2 Å². The molecule has 0 N–H and O–H groups in total. The van der Waals surface area contributed by atoms with Crippen molar-refractivity contribution in [3.63, 3.8) is 0 Å². The molecule has 0 aliphatic carbocycles. The van der Waals surface area contributed by atoms with Crippen LogP contribution in [0.4, 0.5) is 0 Å². The van der Waals surface area contributed by atoms with Gasteiger partial charge in [-0.15, -0.1) is 0 Å². The fraction of sp³-hybridized carbons (Fsp3) is 0.286. The number of hydrogen-bond acceptors (Lipinski definition) is 3. The maximum atomic E-state index is 10.4. The Morgan fingerprint density at radius 2 is 2.06 bits per heavy atom. The molecule has 0 saturated carbocycles. The predicted molar refractivity (Wildman–Crippen MR) is 67.2 cm³/mol. The van der Waals surface area contributed by atoms with Crippen LogP contribution < -0.4 is 0 Å². The van der Waals surface area contributed by atoms with Crippen molar-refractivity contribution in [3.8, 4) is 6.07 Å². The Kier molecular flexibility index (Phi) is 8.05. The molecule has 0 spiro atoms. The first-order chi connectivity index (χ1) is 8.10. The molecule has 1 aromatic carbocycles. The molecule has 1 rings (SSSR count). The summed E-state index contributed by atoms with van der Waals surface area (Å²) in [5.41, 5.74) is 0.715. The zero-order valence-electron chi connectivity index (χ0n) is 10.2. The number of carbonyl (C=O) groups excluding carboxylic acids is 1. The van der Waals surface area contributed by atoms with Gasteiger partial charge in [-0.2, -0.15) is 5.26 Å². The molecule has 0 saturated heterocycles. The SMILES string of the molecule is C=CC(=O)OCC(C)C.N#Cc1ccccc1. The molecule has 0 aromatic heterocycles. The second-order valence-electron chi connectivity index (χ2n) is 3.71. The maximum Gasteiger partial charge on any atom is 0.330 e. The first-order valence-electron chi connectivity index (χ1n) is 5.34. The summed E-state index contributed by atoms with van der Waals surface area (Å²) in [5.74, 6) is 0.0533. The molecule has 0 radical (unpaired) electrons. The lowest BCUT2D eigenvalue weighted by molar-refractivity contribution is -0.138. The molecular weight excluding hydrogens is 214 g/mol. The monoisotopic (exact) mass is 231 g/mol. The van der Waals surface area contributed by atoms with Crippen LogP contribution in [0.25, 0.3) is 0 Å². The van der Waals surface area contributed by atoms with Crippen LogP contribution in [0.2, 0.25) is 0 Å². The van der Waals surface area contributed by atoms with Gasteiger partial charge in [0.15, 0.2) is 0 Å². The summed E-state index contributed by atoms with van der Waals surface area (Å²) in [6, 6.07) is 11.2. The summed E-state index contributed by atoms with van der Waals surface area (Å²) in [7, 11) is 0. The van der Waals surface area contributed by atoms with Gasteiger partial charge in [0.2, 0.25) is 0 Å². The lowest BCUT2D eigenvalue weighted by Gasteiger charge is -2.02. The number of rotatable bonds is 3. The molecule has 0 aliphatic rings. The van der Waals surface area contributed by atoms with E-state index < -0.39 is 0 Å². The zero-order valence-corrected chi connectivity index (χ0v) is 10.2. The van der Waals surface area contributed by atoms with Gasteiger partial charge >= 0.3 is 5.97 Å². The van der Waals surface area contributed by atoms with Gasteiger partial charge in [-0.25, -0.2) is 4.79 Å². The Balaban J connectivity index is 0.000000302. The van der Waals surface area contributed by atoms with Crippen LogP contribution in [0.3, 0.4) is 0 Å². The van der Waals surface area contributed by atoms with Crippen LogP contribution in [-0.2, 0) is 9.53 Å². The molecule has 90 valence electrons. The molecule has 0 amide bonds. The van der Waals surface area contributed by atoms with Gasteiger partial charge in [0.05, 0.1) is 18.2 Å². The van der Waals surface area contributed by atoms with E-state index in [1.807, 2.05) is 38.1 Å². The van der Waals surface area contributed by atoms with Crippen molar-refractivity contribution in [2.45, 2.75) is 13.8 Å². The zero-order chi connectivity index (χ0) is 13.1. The second kappa shape index (κ2) is 9.17. The van der Waals surface area contributed by atoms with Gasteiger partial charge in [-0.1, -0.05) is 38.6 Å². The normalized spacial score (nSPS) is 8.59. The summed E-state index contributed by atoms with van der Waals surface area (Å²) in [4.78, 5) is 10.4. The van der Waals surface area contributed by atoms with E-state index in [0.29, 0.717) is 18.1 Å². The molecule has 1 aromatic rings. The largest absolute Gasteiger partial charge is 0.462 e. The minimum absolute atomic E-state index is 0.344. The Labute approximate surface area is 102 Å². The third kappa shape index (κ3) is 8.88. The molecule has 0 fully saturated rings. The number of hydrogen-bond donors (Lipinski definition) is 0. The topological polar surface area (TPSA) is 50.1 Å². The number of ether oxygens (including phenoxy) is 1. The van der Waals surface area contributed by atoms with Gasteiger partial charge in [0, 0.05) is 6.08 Å². The summed E-state index contributed by atoms with van der Waals surface area (Å²) in [5, 5.41) is 8.29. The van der Waals surface area contributed by atoms with Gasteiger partial charge < -0.3 is 4.74 Å². The van der Waals surface area contributed by atoms with E-state index in [0.717, 1.165) is 0 Å². The second-order valence-corrected chi connectivity index (χ2v) is 3.71. The van der Waals surface area contributed by atoms with Crippen molar-refractivity contribution in [2.75, 3.05) is 6.61 Å². The van der Waals surface area contributed by atoms with Crippen LogP contribution in [-0.4, -0.2) is 12.6 Å². The van der Waals surface area contributed by atoms with E-state index in [4.69, 9.17) is 10.00 Å². The summed E-state index contributed by atoms with van der Waals surface area (Å²) < 4.78 is 4.70. The average Bonchev–Trinajstić information content (AvgIpc) is 2.37. The molecule has 0 bridgehead atoms. The highest BCUT2D eigenvalue weighted by molar-refractivity contribution is 5.81. The van der Waals surface area contributed by atoms with Crippen molar-refractivity contribution in [1.82, 2.24) is 0 Å². The maximum absolute atomic E-state index is 10.4. The molecule has 3 nitrogen and oxygen atoms in total. The van der Waals surface area contributed by atoms with Crippen LogP contribution in [0.1, 0.15) is 19.4 Å². The van der Waals surface area contributed by atoms with Crippen LogP contribution in [0.15, 0.2) is 43.0 Å². The molecule has 0 unspecified atom stereocenters. The Hall–Kier alpha value is -2.08. The first kappa shape index (κ1) is 14.9. The van der Waals surface area contributed by atoms with Gasteiger partial charge in [-0.05, 0) is 18.1 Å². The fourth-order valence-electron chi connectivity index (χ4n) is 0.820. The summed E-state index contributed by atoms with van der Waals surface area (Å²) in [6.07, 6.45) is 1.17. The van der Waals surface area contributed by atoms with Crippen molar-refractivity contribution in [1.29, 1.82) is 5.26 Å². The molecule has 3 heteroatoms. The van der Waals surface area contributed by atoms with Gasteiger partial charge in [0.1, 0.15) is 0 Å². The van der Waals surface area contributed by atoms with E-state index in [2.05, 4.69) is 6.58 Å². The van der Waals surface area contributed by atoms with Gasteiger partial charge in [0.25, 0.3) is 0 Å². The highest BCUT2D eigenvalue weighted by Gasteiger charge is 1.96. The highest BCUT2D eigenvalue weighted by Crippen LogP contribution is 1.93. The third-order valence-electron chi connectivity index (χ3n) is 1.63. The standard InChI is InChI=1S/C7H5N.C7H12O2/c8-6-7-4-2-1-3-5-7;1-4-7(8)9-5-6(2)3/h1-5H;4,6H,1,5H2,2-3H3. The number of nitriles is 1. The molecular formula is C14H17NO2. The van der Waals surface area contributed by atoms with Crippen molar-refractivity contribution >= 4 is 5.97 Å². The Morgan fingerprint density at radius 3 is 2.41 bits per heavy atom. The smallest absolute Gasteiger partial charge is 0.330 e. The van der Waals surface area contributed by atoms with Crippen LogP contribution in [0.5, 0.6) is 0 Å². The average molecular weight is 231 g/mol. The summed E-state index contributed by atoms with van der Waals surface area (Å²) >= 11 is 0. The molecule has 0 aliphatic heterocycles. The Bertz CT molecular complexity index is 377. The first-order valence-corrected chi connectivity index (χ1v) is 5.34. The molecule has 17 heavy (non-hydrogen) atoms. The lowest BCUT2D eigenvalue weighted by Crippen LogP contribution is -2.06. The minimum atomic E-state index is -0.344. The lowest BCUT2D eigenvalue weighted by atomic mass is 10.2. The van der Waals surface area contributed by atoms with E-state index in [-0.39, 0.29) is 5.97 Å². The van der Waals surface area contributed by atoms with E-state index in [1.54, 1.807) is 12.1 Å².